The number of rotatable bonds is 5. The number of benzene rings is 1. The Morgan fingerprint density at radius 1 is 1.25 bits per heavy atom. The van der Waals surface area contributed by atoms with E-state index in [1.165, 1.54) is 11.1 Å². The molecule has 126 valence electrons. The zero-order valence-electron chi connectivity index (χ0n) is 14.2. The average Bonchev–Trinajstić information content (AvgIpc) is 2.67. The van der Waals surface area contributed by atoms with Crippen LogP contribution >= 0.6 is 0 Å². The summed E-state index contributed by atoms with van der Waals surface area (Å²) in [6, 6.07) is 14.6. The minimum Gasteiger partial charge on any atom is -0.333 e. The highest BCUT2D eigenvalue weighted by atomic mass is 16.2. The Morgan fingerprint density at radius 2 is 2.08 bits per heavy atom. The van der Waals surface area contributed by atoms with Gasteiger partial charge < -0.3 is 10.2 Å². The largest absolute Gasteiger partial charge is 0.333 e. The third-order valence-electron chi connectivity index (χ3n) is 4.66. The van der Waals surface area contributed by atoms with E-state index in [0.29, 0.717) is 12.8 Å². The predicted octanol–water partition coefficient (Wildman–Crippen LogP) is 2.75. The normalized spacial score (nSPS) is 17.7. The molecule has 1 N–H and O–H groups in total. The number of aryl methyl sites for hydroxylation is 2. The van der Waals surface area contributed by atoms with Crippen molar-refractivity contribution in [2.45, 2.75) is 32.2 Å². The molecule has 4 heteroatoms. The monoisotopic (exact) mass is 323 g/mol. The summed E-state index contributed by atoms with van der Waals surface area (Å²) in [7, 11) is 0. The summed E-state index contributed by atoms with van der Waals surface area (Å²) >= 11 is 0. The fourth-order valence-electron chi connectivity index (χ4n) is 3.20. The van der Waals surface area contributed by atoms with Gasteiger partial charge in [-0.05, 0) is 36.1 Å². The second-order valence-corrected chi connectivity index (χ2v) is 6.22. The van der Waals surface area contributed by atoms with Crippen molar-refractivity contribution in [2.24, 2.45) is 0 Å². The molecule has 0 aliphatic carbocycles. The number of hydrogen-bond acceptors (Lipinski definition) is 3. The standard InChI is InChI=1S/C20H25N3O/c1-2-16-6-8-17(9-7-16)19-15-21-13-14-23(19)20(24)11-10-18-5-3-4-12-22-18/h3-9,12,19,21H,2,10-11,13-15H2,1H3. The lowest BCUT2D eigenvalue weighted by Gasteiger charge is -2.36. The van der Waals surface area contributed by atoms with Gasteiger partial charge in [0.15, 0.2) is 0 Å². The van der Waals surface area contributed by atoms with Gasteiger partial charge in [-0.3, -0.25) is 9.78 Å². The molecule has 1 amide bonds. The van der Waals surface area contributed by atoms with Crippen LogP contribution in [0.1, 0.15) is 36.2 Å². The molecular weight excluding hydrogens is 298 g/mol. The smallest absolute Gasteiger partial charge is 0.223 e. The molecule has 24 heavy (non-hydrogen) atoms. The van der Waals surface area contributed by atoms with Gasteiger partial charge in [0.25, 0.3) is 0 Å². The Bertz CT molecular complexity index is 654. The number of nitrogens with one attached hydrogen (secondary N) is 1. The van der Waals surface area contributed by atoms with Crippen LogP contribution in [0.15, 0.2) is 48.7 Å². The van der Waals surface area contributed by atoms with Crippen molar-refractivity contribution < 1.29 is 4.79 Å². The first-order valence-electron chi connectivity index (χ1n) is 8.77. The third kappa shape index (κ3) is 4.01. The van der Waals surface area contributed by atoms with E-state index >= 15 is 0 Å². The van der Waals surface area contributed by atoms with Gasteiger partial charge in [-0.2, -0.15) is 0 Å². The molecule has 2 aromatic rings. The van der Waals surface area contributed by atoms with E-state index in [1.54, 1.807) is 6.20 Å². The van der Waals surface area contributed by atoms with E-state index in [-0.39, 0.29) is 11.9 Å². The van der Waals surface area contributed by atoms with Crippen molar-refractivity contribution in [3.05, 3.63) is 65.5 Å². The lowest BCUT2D eigenvalue weighted by atomic mass is 10.00. The lowest BCUT2D eigenvalue weighted by molar-refractivity contribution is -0.134. The van der Waals surface area contributed by atoms with E-state index in [1.807, 2.05) is 23.1 Å². The number of piperazine rings is 1. The summed E-state index contributed by atoms with van der Waals surface area (Å²) < 4.78 is 0. The molecule has 1 saturated heterocycles. The van der Waals surface area contributed by atoms with Crippen LogP contribution < -0.4 is 5.32 Å². The number of aromatic nitrogens is 1. The SMILES string of the molecule is CCc1ccc(C2CNCCN2C(=O)CCc2ccccn2)cc1. The van der Waals surface area contributed by atoms with Gasteiger partial charge >= 0.3 is 0 Å². The molecule has 0 spiro atoms. The van der Waals surface area contributed by atoms with Crippen LogP contribution in [-0.2, 0) is 17.6 Å². The first kappa shape index (κ1) is 16.7. The second kappa shape index (κ2) is 8.06. The molecule has 0 bridgehead atoms. The quantitative estimate of drug-likeness (QED) is 0.920. The van der Waals surface area contributed by atoms with Crippen molar-refractivity contribution in [1.82, 2.24) is 15.2 Å². The Morgan fingerprint density at radius 3 is 2.79 bits per heavy atom. The zero-order valence-corrected chi connectivity index (χ0v) is 14.2. The molecule has 0 saturated carbocycles. The van der Waals surface area contributed by atoms with Gasteiger partial charge in [0.2, 0.25) is 5.91 Å². The number of carbonyl (C=O) groups excluding carboxylic acids is 1. The van der Waals surface area contributed by atoms with E-state index in [4.69, 9.17) is 0 Å². The van der Waals surface area contributed by atoms with E-state index in [2.05, 4.69) is 41.5 Å². The van der Waals surface area contributed by atoms with Crippen molar-refractivity contribution in [1.29, 1.82) is 0 Å². The summed E-state index contributed by atoms with van der Waals surface area (Å²) in [5, 5.41) is 3.41. The molecule has 3 rings (SSSR count). The number of nitrogens with zero attached hydrogens (tertiary/aromatic N) is 2. The molecule has 0 radical (unpaired) electrons. The van der Waals surface area contributed by atoms with Crippen LogP contribution in [0.3, 0.4) is 0 Å². The van der Waals surface area contributed by atoms with Crippen molar-refractivity contribution in [3.8, 4) is 0 Å². The van der Waals surface area contributed by atoms with Gasteiger partial charge in [0, 0.05) is 37.9 Å². The fraction of sp³-hybridized carbons (Fsp3) is 0.400. The summed E-state index contributed by atoms with van der Waals surface area (Å²) in [4.78, 5) is 19.1. The molecule has 1 atom stereocenters. The molecule has 1 aromatic heterocycles. The predicted molar refractivity (Wildman–Crippen MR) is 95.7 cm³/mol. The maximum Gasteiger partial charge on any atom is 0.223 e. The van der Waals surface area contributed by atoms with Crippen LogP contribution in [0.5, 0.6) is 0 Å². The first-order chi connectivity index (χ1) is 11.8. The first-order valence-corrected chi connectivity index (χ1v) is 8.77. The minimum absolute atomic E-state index is 0.126. The molecule has 1 aliphatic rings. The van der Waals surface area contributed by atoms with Gasteiger partial charge in [-0.15, -0.1) is 0 Å². The molecule has 2 heterocycles. The van der Waals surface area contributed by atoms with E-state index in [0.717, 1.165) is 31.7 Å². The van der Waals surface area contributed by atoms with E-state index in [9.17, 15) is 4.79 Å². The average molecular weight is 323 g/mol. The Labute approximate surface area is 143 Å². The van der Waals surface area contributed by atoms with Crippen LogP contribution in [0.2, 0.25) is 0 Å². The Hall–Kier alpha value is -2.20. The highest BCUT2D eigenvalue weighted by Crippen LogP contribution is 2.24. The topological polar surface area (TPSA) is 45.2 Å². The van der Waals surface area contributed by atoms with Crippen LogP contribution in [0.4, 0.5) is 0 Å². The molecule has 4 nitrogen and oxygen atoms in total. The fourth-order valence-corrected chi connectivity index (χ4v) is 3.20. The molecule has 1 aromatic carbocycles. The van der Waals surface area contributed by atoms with E-state index < -0.39 is 0 Å². The Balaban J connectivity index is 1.67. The molecular formula is C20H25N3O. The van der Waals surface area contributed by atoms with Gasteiger partial charge in [-0.1, -0.05) is 37.3 Å². The summed E-state index contributed by atoms with van der Waals surface area (Å²) in [6.45, 7) is 4.60. The number of amides is 1. The van der Waals surface area contributed by atoms with Crippen molar-refractivity contribution in [3.63, 3.8) is 0 Å². The van der Waals surface area contributed by atoms with Crippen LogP contribution in [0.25, 0.3) is 0 Å². The van der Waals surface area contributed by atoms with Gasteiger partial charge in [0.1, 0.15) is 0 Å². The third-order valence-corrected chi connectivity index (χ3v) is 4.66. The van der Waals surface area contributed by atoms with Gasteiger partial charge in [-0.25, -0.2) is 0 Å². The maximum absolute atomic E-state index is 12.7. The van der Waals surface area contributed by atoms with Crippen LogP contribution in [0, 0.1) is 0 Å². The van der Waals surface area contributed by atoms with Crippen molar-refractivity contribution >= 4 is 5.91 Å². The second-order valence-electron chi connectivity index (χ2n) is 6.22. The summed E-state index contributed by atoms with van der Waals surface area (Å²) in [5.74, 6) is 0.215. The maximum atomic E-state index is 12.7. The number of hydrogen-bond donors (Lipinski definition) is 1. The highest BCUT2D eigenvalue weighted by molar-refractivity contribution is 5.77. The van der Waals surface area contributed by atoms with Crippen LogP contribution in [-0.4, -0.2) is 35.4 Å². The molecule has 1 unspecified atom stereocenters. The number of carbonyl (C=O) groups is 1. The molecule has 1 aliphatic heterocycles. The van der Waals surface area contributed by atoms with Crippen molar-refractivity contribution in [2.75, 3.05) is 19.6 Å². The zero-order chi connectivity index (χ0) is 16.8. The van der Waals surface area contributed by atoms with Gasteiger partial charge in [0.05, 0.1) is 6.04 Å². The molecule has 1 fully saturated rings. The lowest BCUT2D eigenvalue weighted by Crippen LogP contribution is -2.48. The highest BCUT2D eigenvalue weighted by Gasteiger charge is 2.27. The number of pyridine rings is 1. The summed E-state index contributed by atoms with van der Waals surface area (Å²) in [5.41, 5.74) is 3.52. The summed E-state index contributed by atoms with van der Waals surface area (Å²) in [6.07, 6.45) is 4.03. The minimum atomic E-state index is 0.126. The Kier molecular flexibility index (Phi) is 5.59.